The summed E-state index contributed by atoms with van der Waals surface area (Å²) in [6.45, 7) is 6.16. The number of halogens is 1. The molecule has 0 saturated carbocycles. The van der Waals surface area contributed by atoms with Gasteiger partial charge in [-0.25, -0.2) is 0 Å². The van der Waals surface area contributed by atoms with Gasteiger partial charge >= 0.3 is 0 Å². The van der Waals surface area contributed by atoms with E-state index in [9.17, 15) is 0 Å². The molecule has 0 radical (unpaired) electrons. The van der Waals surface area contributed by atoms with Crippen LogP contribution in [-0.4, -0.2) is 18.2 Å². The van der Waals surface area contributed by atoms with Gasteiger partial charge in [-0.15, -0.1) is 0 Å². The lowest BCUT2D eigenvalue weighted by atomic mass is 9.94. The zero-order chi connectivity index (χ0) is 13.7. The minimum absolute atomic E-state index is 0.102. The summed E-state index contributed by atoms with van der Waals surface area (Å²) >= 11 is 6.50. The Kier molecular flexibility index (Phi) is 3.14. The van der Waals surface area contributed by atoms with Gasteiger partial charge in [-0.05, 0) is 27.2 Å². The summed E-state index contributed by atoms with van der Waals surface area (Å²) in [5.41, 5.74) is 9.49. The van der Waals surface area contributed by atoms with E-state index >= 15 is 0 Å². The van der Waals surface area contributed by atoms with E-state index in [1.165, 1.54) is 11.1 Å². The Morgan fingerprint density at radius 2 is 1.74 bits per heavy atom. The van der Waals surface area contributed by atoms with E-state index in [2.05, 4.69) is 13.8 Å². The molecule has 0 spiro atoms. The van der Waals surface area contributed by atoms with Gasteiger partial charge in [-0.3, -0.25) is 0 Å². The van der Waals surface area contributed by atoms with E-state index < -0.39 is 0 Å². The first-order valence-corrected chi connectivity index (χ1v) is 7.30. The highest BCUT2D eigenvalue weighted by atomic mass is 35.5. The molecule has 2 aliphatic rings. The number of benzene rings is 1. The number of hydrogen-bond acceptors (Lipinski definition) is 3. The van der Waals surface area contributed by atoms with Crippen LogP contribution in [0.25, 0.3) is 0 Å². The first-order chi connectivity index (χ1) is 8.97. The molecule has 3 unspecified atom stereocenters. The molecule has 3 atom stereocenters. The van der Waals surface area contributed by atoms with Crippen molar-refractivity contribution in [3.8, 4) is 11.5 Å². The zero-order valence-electron chi connectivity index (χ0n) is 11.6. The van der Waals surface area contributed by atoms with Crippen molar-refractivity contribution in [1.29, 1.82) is 0 Å². The summed E-state index contributed by atoms with van der Waals surface area (Å²) < 4.78 is 11.9. The van der Waals surface area contributed by atoms with Crippen molar-refractivity contribution >= 4 is 11.6 Å². The molecule has 0 amide bonds. The second-order valence-electron chi connectivity index (χ2n) is 5.85. The largest absolute Gasteiger partial charge is 0.490 e. The molecule has 2 heterocycles. The molecule has 2 N–H and O–H groups in total. The van der Waals surface area contributed by atoms with Gasteiger partial charge < -0.3 is 15.2 Å². The Bertz CT molecular complexity index is 488. The standard InChI is InChI=1S/C15H20ClNO2/c1-7(17)4-10-11-5-8(2)19-15(11)13(16)12-6-9(3)18-14(10)12/h7-9H,4-6,17H2,1-3H3. The normalized spacial score (nSPS) is 25.5. The van der Waals surface area contributed by atoms with E-state index in [0.717, 1.165) is 41.3 Å². The van der Waals surface area contributed by atoms with Gasteiger partial charge in [0.05, 0.1) is 5.02 Å². The molecule has 3 nitrogen and oxygen atoms in total. The lowest BCUT2D eigenvalue weighted by molar-refractivity contribution is 0.251. The lowest BCUT2D eigenvalue weighted by Gasteiger charge is -2.16. The van der Waals surface area contributed by atoms with Crippen molar-refractivity contribution in [1.82, 2.24) is 0 Å². The van der Waals surface area contributed by atoms with Gasteiger partial charge in [0.25, 0.3) is 0 Å². The molecule has 4 heteroatoms. The first-order valence-electron chi connectivity index (χ1n) is 6.92. The van der Waals surface area contributed by atoms with Gasteiger partial charge in [0.2, 0.25) is 0 Å². The Morgan fingerprint density at radius 3 is 2.37 bits per heavy atom. The van der Waals surface area contributed by atoms with Crippen LogP contribution in [0.2, 0.25) is 5.02 Å². The van der Waals surface area contributed by atoms with E-state index in [0.29, 0.717) is 0 Å². The van der Waals surface area contributed by atoms with Crippen LogP contribution in [0, 0.1) is 0 Å². The van der Waals surface area contributed by atoms with Gasteiger partial charge in [0.1, 0.15) is 23.7 Å². The van der Waals surface area contributed by atoms with Crippen molar-refractivity contribution in [2.24, 2.45) is 5.73 Å². The summed E-state index contributed by atoms with van der Waals surface area (Å²) in [6.07, 6.45) is 2.91. The monoisotopic (exact) mass is 281 g/mol. The molecule has 104 valence electrons. The number of hydrogen-bond donors (Lipinski definition) is 1. The molecule has 0 bridgehead atoms. The average Bonchev–Trinajstić information content (AvgIpc) is 2.87. The highest BCUT2D eigenvalue weighted by Crippen LogP contribution is 2.49. The van der Waals surface area contributed by atoms with Crippen molar-refractivity contribution < 1.29 is 9.47 Å². The molecule has 0 saturated heterocycles. The van der Waals surface area contributed by atoms with Crippen LogP contribution in [0.15, 0.2) is 0 Å². The summed E-state index contributed by atoms with van der Waals surface area (Å²) in [5, 5.41) is 0.743. The maximum absolute atomic E-state index is 6.50. The van der Waals surface area contributed by atoms with Crippen LogP contribution in [0.1, 0.15) is 37.5 Å². The fraction of sp³-hybridized carbons (Fsp3) is 0.600. The topological polar surface area (TPSA) is 44.5 Å². The van der Waals surface area contributed by atoms with Crippen molar-refractivity contribution in [2.75, 3.05) is 0 Å². The van der Waals surface area contributed by atoms with Crippen LogP contribution >= 0.6 is 11.6 Å². The number of nitrogens with two attached hydrogens (primary N) is 1. The highest BCUT2D eigenvalue weighted by Gasteiger charge is 2.35. The predicted molar refractivity (Wildman–Crippen MR) is 76.4 cm³/mol. The van der Waals surface area contributed by atoms with Crippen LogP contribution in [0.3, 0.4) is 0 Å². The fourth-order valence-electron chi connectivity index (χ4n) is 3.09. The number of rotatable bonds is 2. The summed E-state index contributed by atoms with van der Waals surface area (Å²) in [6, 6.07) is 0.102. The number of ether oxygens (including phenoxy) is 2. The Morgan fingerprint density at radius 1 is 1.16 bits per heavy atom. The van der Waals surface area contributed by atoms with E-state index in [4.69, 9.17) is 26.8 Å². The van der Waals surface area contributed by atoms with Crippen LogP contribution < -0.4 is 15.2 Å². The van der Waals surface area contributed by atoms with Crippen molar-refractivity contribution in [3.05, 3.63) is 21.7 Å². The zero-order valence-corrected chi connectivity index (χ0v) is 12.4. The van der Waals surface area contributed by atoms with Gasteiger partial charge in [-0.2, -0.15) is 0 Å². The summed E-state index contributed by atoms with van der Waals surface area (Å²) in [4.78, 5) is 0. The van der Waals surface area contributed by atoms with Crippen molar-refractivity contribution in [3.63, 3.8) is 0 Å². The van der Waals surface area contributed by atoms with E-state index in [-0.39, 0.29) is 18.2 Å². The summed E-state index contributed by atoms with van der Waals surface area (Å²) in [7, 11) is 0. The maximum atomic E-state index is 6.50. The molecule has 1 aromatic rings. The third-order valence-electron chi connectivity index (χ3n) is 3.80. The second kappa shape index (κ2) is 4.57. The third kappa shape index (κ3) is 2.09. The van der Waals surface area contributed by atoms with Gasteiger partial charge in [0, 0.05) is 35.6 Å². The molecular formula is C15H20ClNO2. The molecule has 0 aromatic heterocycles. The predicted octanol–water partition coefficient (Wildman–Crippen LogP) is 2.88. The Hall–Kier alpha value is -0.930. The molecule has 1 aromatic carbocycles. The highest BCUT2D eigenvalue weighted by molar-refractivity contribution is 6.33. The molecule has 0 fully saturated rings. The van der Waals surface area contributed by atoms with Gasteiger partial charge in [-0.1, -0.05) is 11.6 Å². The number of fused-ring (bicyclic) bond motifs is 2. The van der Waals surface area contributed by atoms with Crippen molar-refractivity contribution in [2.45, 2.75) is 58.3 Å². The lowest BCUT2D eigenvalue weighted by Crippen LogP contribution is -2.19. The van der Waals surface area contributed by atoms with E-state index in [1.807, 2.05) is 6.92 Å². The fourth-order valence-corrected chi connectivity index (χ4v) is 3.41. The third-order valence-corrected chi connectivity index (χ3v) is 4.20. The quantitative estimate of drug-likeness (QED) is 0.907. The molecule has 0 aliphatic carbocycles. The molecular weight excluding hydrogens is 262 g/mol. The SMILES string of the molecule is CC(N)Cc1c2c(c(Cl)c3c1OC(C)C3)OC(C)C2. The average molecular weight is 282 g/mol. The van der Waals surface area contributed by atoms with E-state index in [1.54, 1.807) is 0 Å². The molecule has 3 rings (SSSR count). The smallest absolute Gasteiger partial charge is 0.142 e. The molecule has 2 aliphatic heterocycles. The Balaban J connectivity index is 2.17. The minimum Gasteiger partial charge on any atom is -0.490 e. The second-order valence-corrected chi connectivity index (χ2v) is 6.23. The summed E-state index contributed by atoms with van der Waals surface area (Å²) in [5.74, 6) is 1.83. The minimum atomic E-state index is 0.102. The van der Waals surface area contributed by atoms with Crippen LogP contribution in [0.5, 0.6) is 11.5 Å². The van der Waals surface area contributed by atoms with Gasteiger partial charge in [0.15, 0.2) is 0 Å². The van der Waals surface area contributed by atoms with Crippen LogP contribution in [-0.2, 0) is 19.3 Å². The maximum Gasteiger partial charge on any atom is 0.142 e. The Labute approximate surface area is 119 Å². The first kappa shape index (κ1) is 13.1. The van der Waals surface area contributed by atoms with Crippen LogP contribution in [0.4, 0.5) is 0 Å². The molecule has 19 heavy (non-hydrogen) atoms.